The van der Waals surface area contributed by atoms with Crippen molar-refractivity contribution in [2.75, 3.05) is 20.6 Å². The predicted octanol–water partition coefficient (Wildman–Crippen LogP) is 1.55. The van der Waals surface area contributed by atoms with Crippen molar-refractivity contribution in [3.63, 3.8) is 0 Å². The lowest BCUT2D eigenvalue weighted by atomic mass is 10.1. The molecule has 0 aliphatic carbocycles. The van der Waals surface area contributed by atoms with Crippen molar-refractivity contribution in [1.29, 1.82) is 0 Å². The largest absolute Gasteiger partial charge is 0.468 e. The van der Waals surface area contributed by atoms with Gasteiger partial charge in [-0.05, 0) is 32.3 Å². The third-order valence-corrected chi connectivity index (χ3v) is 3.86. The number of nitrogens with one attached hydrogen (secondary N) is 2. The SMILES string of the molecule is CN(C)C(CNC(=O)c1n[nH]c(=O)c2ccccc12)c1ccco1. The molecule has 1 atom stereocenters. The van der Waals surface area contributed by atoms with Gasteiger partial charge in [-0.2, -0.15) is 5.10 Å². The molecule has 1 unspecified atom stereocenters. The fourth-order valence-corrected chi connectivity index (χ4v) is 2.58. The summed E-state index contributed by atoms with van der Waals surface area (Å²) in [7, 11) is 3.82. The maximum absolute atomic E-state index is 12.5. The van der Waals surface area contributed by atoms with Crippen LogP contribution >= 0.6 is 0 Å². The van der Waals surface area contributed by atoms with Crippen molar-refractivity contribution >= 4 is 16.7 Å². The molecule has 1 amide bonds. The van der Waals surface area contributed by atoms with Crippen molar-refractivity contribution in [1.82, 2.24) is 20.4 Å². The summed E-state index contributed by atoms with van der Waals surface area (Å²) in [4.78, 5) is 26.3. The molecule has 0 spiro atoms. The molecule has 7 heteroatoms. The molecule has 0 aliphatic heterocycles. The van der Waals surface area contributed by atoms with Crippen molar-refractivity contribution in [3.8, 4) is 0 Å². The van der Waals surface area contributed by atoms with Crippen LogP contribution in [-0.2, 0) is 0 Å². The molecule has 124 valence electrons. The van der Waals surface area contributed by atoms with Crippen LogP contribution in [0.15, 0.2) is 51.9 Å². The zero-order valence-corrected chi connectivity index (χ0v) is 13.4. The minimum atomic E-state index is -0.346. The maximum Gasteiger partial charge on any atom is 0.272 e. The summed E-state index contributed by atoms with van der Waals surface area (Å²) in [6.07, 6.45) is 1.60. The van der Waals surface area contributed by atoms with Gasteiger partial charge < -0.3 is 9.73 Å². The van der Waals surface area contributed by atoms with E-state index in [1.54, 1.807) is 30.5 Å². The molecule has 0 bridgehead atoms. The second kappa shape index (κ2) is 6.67. The predicted molar refractivity (Wildman–Crippen MR) is 89.8 cm³/mol. The smallest absolute Gasteiger partial charge is 0.272 e. The zero-order chi connectivity index (χ0) is 17.1. The van der Waals surface area contributed by atoms with E-state index in [2.05, 4.69) is 15.5 Å². The Labute approximate surface area is 138 Å². The van der Waals surface area contributed by atoms with Gasteiger partial charge in [-0.15, -0.1) is 0 Å². The summed E-state index contributed by atoms with van der Waals surface area (Å²) in [6, 6.07) is 10.5. The normalized spacial score (nSPS) is 12.5. The Hall–Kier alpha value is -2.93. The molecular weight excluding hydrogens is 308 g/mol. The number of aromatic nitrogens is 2. The van der Waals surface area contributed by atoms with Crippen molar-refractivity contribution in [2.45, 2.75) is 6.04 Å². The first-order chi connectivity index (χ1) is 11.6. The summed E-state index contributed by atoms with van der Waals surface area (Å²) in [6.45, 7) is 0.356. The van der Waals surface area contributed by atoms with Gasteiger partial charge in [0.05, 0.1) is 17.7 Å². The van der Waals surface area contributed by atoms with Gasteiger partial charge >= 0.3 is 0 Å². The van der Waals surface area contributed by atoms with E-state index < -0.39 is 0 Å². The number of nitrogens with zero attached hydrogens (tertiary/aromatic N) is 2. The number of carbonyl (C=O) groups excluding carboxylic acids is 1. The first kappa shape index (κ1) is 15.9. The van der Waals surface area contributed by atoms with Crippen LogP contribution < -0.4 is 10.9 Å². The second-order valence-corrected chi connectivity index (χ2v) is 5.65. The van der Waals surface area contributed by atoms with E-state index in [1.165, 1.54) is 0 Å². The molecule has 24 heavy (non-hydrogen) atoms. The van der Waals surface area contributed by atoms with Gasteiger partial charge in [0.1, 0.15) is 5.76 Å². The van der Waals surface area contributed by atoms with Crippen LogP contribution in [0, 0.1) is 0 Å². The fraction of sp³-hybridized carbons (Fsp3) is 0.235. The average Bonchev–Trinajstić information content (AvgIpc) is 3.09. The average molecular weight is 326 g/mol. The van der Waals surface area contributed by atoms with Crippen LogP contribution in [0.3, 0.4) is 0 Å². The number of hydrogen-bond donors (Lipinski definition) is 2. The van der Waals surface area contributed by atoms with E-state index in [-0.39, 0.29) is 23.2 Å². The third kappa shape index (κ3) is 3.07. The Balaban J connectivity index is 1.83. The van der Waals surface area contributed by atoms with Crippen LogP contribution in [-0.4, -0.2) is 41.6 Å². The molecule has 2 heterocycles. The van der Waals surface area contributed by atoms with E-state index >= 15 is 0 Å². The molecule has 0 saturated heterocycles. The van der Waals surface area contributed by atoms with Crippen LogP contribution in [0.4, 0.5) is 0 Å². The van der Waals surface area contributed by atoms with Crippen molar-refractivity contribution < 1.29 is 9.21 Å². The van der Waals surface area contributed by atoms with E-state index in [1.807, 2.05) is 31.1 Å². The highest BCUT2D eigenvalue weighted by Crippen LogP contribution is 2.18. The Morgan fingerprint density at radius 2 is 2.00 bits per heavy atom. The number of fused-ring (bicyclic) bond motifs is 1. The highest BCUT2D eigenvalue weighted by atomic mass is 16.3. The Kier molecular flexibility index (Phi) is 4.43. The summed E-state index contributed by atoms with van der Waals surface area (Å²) >= 11 is 0. The second-order valence-electron chi connectivity index (χ2n) is 5.65. The van der Waals surface area contributed by atoms with E-state index in [9.17, 15) is 9.59 Å². The lowest BCUT2D eigenvalue weighted by Gasteiger charge is -2.22. The van der Waals surface area contributed by atoms with E-state index in [4.69, 9.17) is 4.42 Å². The van der Waals surface area contributed by atoms with Gasteiger partial charge in [0, 0.05) is 11.9 Å². The van der Waals surface area contributed by atoms with Crippen molar-refractivity contribution in [3.05, 3.63) is 64.5 Å². The number of amides is 1. The molecule has 2 aromatic heterocycles. The van der Waals surface area contributed by atoms with Crippen LogP contribution in [0.2, 0.25) is 0 Å². The van der Waals surface area contributed by atoms with Gasteiger partial charge in [-0.25, -0.2) is 5.10 Å². The summed E-state index contributed by atoms with van der Waals surface area (Å²) in [5.41, 5.74) is -0.119. The number of likely N-dealkylation sites (N-methyl/N-ethyl adjacent to an activating group) is 1. The standard InChI is InChI=1S/C17H18N4O3/c1-21(2)13(14-8-5-9-24-14)10-18-17(23)15-11-6-3-4-7-12(11)16(22)20-19-15/h3-9,13H,10H2,1-2H3,(H,18,23)(H,20,22). The summed E-state index contributed by atoms with van der Waals surface area (Å²) < 4.78 is 5.42. The number of rotatable bonds is 5. The van der Waals surface area contributed by atoms with Gasteiger partial charge in [0.25, 0.3) is 11.5 Å². The molecule has 0 saturated carbocycles. The molecule has 3 rings (SSSR count). The van der Waals surface area contributed by atoms with Gasteiger partial charge in [0.2, 0.25) is 0 Å². The summed E-state index contributed by atoms with van der Waals surface area (Å²) in [5, 5.41) is 10.1. The molecular formula is C17H18N4O3. The zero-order valence-electron chi connectivity index (χ0n) is 13.4. The lowest BCUT2D eigenvalue weighted by molar-refractivity contribution is 0.0935. The number of aromatic amines is 1. The van der Waals surface area contributed by atoms with Crippen molar-refractivity contribution in [2.24, 2.45) is 0 Å². The van der Waals surface area contributed by atoms with Crippen LogP contribution in [0.25, 0.3) is 10.8 Å². The quantitative estimate of drug-likeness (QED) is 0.742. The van der Waals surface area contributed by atoms with E-state index in [0.717, 1.165) is 5.76 Å². The Morgan fingerprint density at radius 3 is 2.67 bits per heavy atom. The van der Waals surface area contributed by atoms with Gasteiger partial charge in [-0.3, -0.25) is 14.5 Å². The molecule has 1 aromatic carbocycles. The Morgan fingerprint density at radius 1 is 1.25 bits per heavy atom. The number of carbonyl (C=O) groups is 1. The molecule has 0 fully saturated rings. The third-order valence-electron chi connectivity index (χ3n) is 3.86. The highest BCUT2D eigenvalue weighted by molar-refractivity contribution is 6.04. The number of hydrogen-bond acceptors (Lipinski definition) is 5. The summed E-state index contributed by atoms with van der Waals surface area (Å²) in [5.74, 6) is 0.417. The number of H-pyrrole nitrogens is 1. The minimum absolute atomic E-state index is 0.0991. The Bertz CT molecular complexity index is 900. The number of benzene rings is 1. The van der Waals surface area contributed by atoms with Crippen LogP contribution in [0.5, 0.6) is 0 Å². The number of furan rings is 1. The fourth-order valence-electron chi connectivity index (χ4n) is 2.58. The first-order valence-electron chi connectivity index (χ1n) is 7.53. The first-order valence-corrected chi connectivity index (χ1v) is 7.53. The van der Waals surface area contributed by atoms with E-state index in [0.29, 0.717) is 17.3 Å². The van der Waals surface area contributed by atoms with Crippen LogP contribution in [0.1, 0.15) is 22.3 Å². The maximum atomic E-state index is 12.5. The topological polar surface area (TPSA) is 91.2 Å². The monoisotopic (exact) mass is 326 g/mol. The molecule has 3 aromatic rings. The van der Waals surface area contributed by atoms with Gasteiger partial charge in [0.15, 0.2) is 5.69 Å². The molecule has 0 radical (unpaired) electrons. The van der Waals surface area contributed by atoms with Gasteiger partial charge in [-0.1, -0.05) is 18.2 Å². The molecule has 7 nitrogen and oxygen atoms in total. The lowest BCUT2D eigenvalue weighted by Crippen LogP contribution is -2.35. The molecule has 0 aliphatic rings. The molecule has 2 N–H and O–H groups in total. The highest BCUT2D eigenvalue weighted by Gasteiger charge is 2.20. The minimum Gasteiger partial charge on any atom is -0.468 e.